The number of amides is 1. The Morgan fingerprint density at radius 2 is 1.81 bits per heavy atom. The number of likely N-dealkylation sites (N-methyl/N-ethyl adjacent to an activating group) is 1. The average molecular weight is 356 g/mol. The number of pyridine rings is 1. The Morgan fingerprint density at radius 1 is 1.12 bits per heavy atom. The van der Waals surface area contributed by atoms with Crippen LogP contribution in [0, 0.1) is 6.92 Å². The molecule has 1 aliphatic heterocycles. The first-order chi connectivity index (χ1) is 12.6. The molecule has 7 heteroatoms. The fourth-order valence-electron chi connectivity index (χ4n) is 3.35. The topological polar surface area (TPSA) is 57.5 Å². The van der Waals surface area contributed by atoms with Gasteiger partial charge in [-0.05, 0) is 32.9 Å². The van der Waals surface area contributed by atoms with E-state index in [2.05, 4.69) is 14.8 Å². The molecule has 1 amide bonds. The summed E-state index contributed by atoms with van der Waals surface area (Å²) in [7, 11) is 0. The van der Waals surface area contributed by atoms with E-state index in [1.807, 2.05) is 54.6 Å². The summed E-state index contributed by atoms with van der Waals surface area (Å²) < 4.78 is 1.99. The second-order valence-corrected chi connectivity index (χ2v) is 6.53. The van der Waals surface area contributed by atoms with E-state index in [0.29, 0.717) is 6.54 Å². The minimum atomic E-state index is 0.221. The minimum absolute atomic E-state index is 0.221. The lowest BCUT2D eigenvalue weighted by Crippen LogP contribution is -2.50. The lowest BCUT2D eigenvalue weighted by Gasteiger charge is -2.36. The van der Waals surface area contributed by atoms with Crippen LogP contribution in [0.25, 0.3) is 5.82 Å². The van der Waals surface area contributed by atoms with Crippen LogP contribution in [-0.2, 0) is 4.79 Å². The van der Waals surface area contributed by atoms with Gasteiger partial charge in [-0.3, -0.25) is 14.3 Å². The zero-order valence-corrected chi connectivity index (χ0v) is 15.9. The third kappa shape index (κ3) is 4.04. The van der Waals surface area contributed by atoms with Gasteiger partial charge in [0.25, 0.3) is 0 Å². The van der Waals surface area contributed by atoms with Gasteiger partial charge in [-0.2, -0.15) is 0 Å². The Labute approximate surface area is 155 Å². The van der Waals surface area contributed by atoms with Crippen molar-refractivity contribution < 1.29 is 4.79 Å². The van der Waals surface area contributed by atoms with Crippen LogP contribution in [0.15, 0.2) is 30.6 Å². The highest BCUT2D eigenvalue weighted by Crippen LogP contribution is 2.17. The van der Waals surface area contributed by atoms with E-state index in [0.717, 1.165) is 56.7 Å². The number of aromatic nitrogens is 3. The summed E-state index contributed by atoms with van der Waals surface area (Å²) in [6.45, 7) is 11.6. The van der Waals surface area contributed by atoms with Crippen molar-refractivity contribution >= 4 is 11.7 Å². The number of hydrogen-bond donors (Lipinski definition) is 0. The van der Waals surface area contributed by atoms with Crippen LogP contribution >= 0.6 is 0 Å². The van der Waals surface area contributed by atoms with Crippen molar-refractivity contribution in [1.82, 2.24) is 24.3 Å². The summed E-state index contributed by atoms with van der Waals surface area (Å²) >= 11 is 0. The number of aryl methyl sites for hydroxylation is 1. The Balaban J connectivity index is 1.60. The van der Waals surface area contributed by atoms with Crippen LogP contribution < -0.4 is 4.90 Å². The number of imidazole rings is 1. The maximum Gasteiger partial charge on any atom is 0.236 e. The molecule has 0 saturated carbocycles. The number of nitrogens with zero attached hydrogens (tertiary/aromatic N) is 6. The van der Waals surface area contributed by atoms with Crippen molar-refractivity contribution in [3.63, 3.8) is 0 Å². The van der Waals surface area contributed by atoms with Gasteiger partial charge >= 0.3 is 0 Å². The average Bonchev–Trinajstić information content (AvgIpc) is 3.09. The molecule has 1 fully saturated rings. The van der Waals surface area contributed by atoms with Crippen LogP contribution in [0.1, 0.15) is 19.7 Å². The van der Waals surface area contributed by atoms with E-state index >= 15 is 0 Å². The molecular formula is C19H28N6O. The molecule has 140 valence electrons. The highest BCUT2D eigenvalue weighted by Gasteiger charge is 2.21. The summed E-state index contributed by atoms with van der Waals surface area (Å²) in [5.74, 6) is 3.01. The van der Waals surface area contributed by atoms with Crippen molar-refractivity contribution in [2.24, 2.45) is 0 Å². The lowest BCUT2D eigenvalue weighted by molar-refractivity contribution is -0.132. The highest BCUT2D eigenvalue weighted by molar-refractivity contribution is 5.78. The molecule has 0 aromatic carbocycles. The summed E-state index contributed by atoms with van der Waals surface area (Å²) in [4.78, 5) is 27.8. The maximum absolute atomic E-state index is 12.3. The SMILES string of the molecule is CCN(CC)C(=O)CN1CCN(c2cccc(-n3ccnc3C)n2)CC1. The minimum Gasteiger partial charge on any atom is -0.354 e. The molecule has 0 spiro atoms. The Bertz CT molecular complexity index is 731. The van der Waals surface area contributed by atoms with Crippen molar-refractivity contribution in [1.29, 1.82) is 0 Å². The molecule has 1 aliphatic rings. The maximum atomic E-state index is 12.3. The zero-order valence-electron chi connectivity index (χ0n) is 15.9. The van der Waals surface area contributed by atoms with Crippen molar-refractivity contribution in [3.05, 3.63) is 36.4 Å². The Hall–Kier alpha value is -2.41. The van der Waals surface area contributed by atoms with E-state index < -0.39 is 0 Å². The number of rotatable bonds is 6. The van der Waals surface area contributed by atoms with Gasteiger partial charge in [0.1, 0.15) is 17.5 Å². The molecule has 0 bridgehead atoms. The summed E-state index contributed by atoms with van der Waals surface area (Å²) in [5, 5.41) is 0. The van der Waals surface area contributed by atoms with Gasteiger partial charge in [0.05, 0.1) is 6.54 Å². The lowest BCUT2D eigenvalue weighted by atomic mass is 10.3. The van der Waals surface area contributed by atoms with Gasteiger partial charge < -0.3 is 9.80 Å². The standard InChI is InChI=1S/C19H28N6O/c1-4-23(5-2)19(26)15-22-11-13-24(14-12-22)17-7-6-8-18(21-17)25-10-9-20-16(25)3/h6-10H,4-5,11-15H2,1-3H3. The first-order valence-corrected chi connectivity index (χ1v) is 9.34. The highest BCUT2D eigenvalue weighted by atomic mass is 16.2. The van der Waals surface area contributed by atoms with Gasteiger partial charge in [-0.25, -0.2) is 9.97 Å². The van der Waals surface area contributed by atoms with E-state index in [1.54, 1.807) is 6.20 Å². The Morgan fingerprint density at radius 3 is 2.42 bits per heavy atom. The number of anilines is 1. The van der Waals surface area contributed by atoms with Gasteiger partial charge in [0, 0.05) is 51.7 Å². The molecule has 0 N–H and O–H groups in total. The van der Waals surface area contributed by atoms with E-state index in [4.69, 9.17) is 4.98 Å². The molecule has 2 aromatic heterocycles. The molecule has 7 nitrogen and oxygen atoms in total. The molecule has 3 heterocycles. The van der Waals surface area contributed by atoms with Gasteiger partial charge in [0.15, 0.2) is 0 Å². The van der Waals surface area contributed by atoms with Crippen LogP contribution in [0.4, 0.5) is 5.82 Å². The van der Waals surface area contributed by atoms with Crippen LogP contribution in [0.3, 0.4) is 0 Å². The molecule has 0 unspecified atom stereocenters. The number of hydrogen-bond acceptors (Lipinski definition) is 5. The van der Waals surface area contributed by atoms with Crippen molar-refractivity contribution in [2.45, 2.75) is 20.8 Å². The molecule has 0 aliphatic carbocycles. The number of piperazine rings is 1. The second kappa shape index (κ2) is 8.31. The summed E-state index contributed by atoms with van der Waals surface area (Å²) in [6.07, 6.45) is 3.72. The Kier molecular flexibility index (Phi) is 5.88. The number of carbonyl (C=O) groups excluding carboxylic acids is 1. The van der Waals surface area contributed by atoms with Gasteiger partial charge in [-0.15, -0.1) is 0 Å². The number of carbonyl (C=O) groups is 1. The summed E-state index contributed by atoms with van der Waals surface area (Å²) in [5.41, 5.74) is 0. The van der Waals surface area contributed by atoms with Crippen LogP contribution in [-0.4, -0.2) is 76.1 Å². The smallest absolute Gasteiger partial charge is 0.236 e. The van der Waals surface area contributed by atoms with Gasteiger partial charge in [0.2, 0.25) is 5.91 Å². The fourth-order valence-corrected chi connectivity index (χ4v) is 3.35. The van der Waals surface area contributed by atoms with Crippen molar-refractivity contribution in [2.75, 3.05) is 50.7 Å². The van der Waals surface area contributed by atoms with Crippen LogP contribution in [0.5, 0.6) is 0 Å². The predicted octanol–water partition coefficient (Wildman–Crippen LogP) is 1.57. The second-order valence-electron chi connectivity index (χ2n) is 6.53. The summed E-state index contributed by atoms with van der Waals surface area (Å²) in [6, 6.07) is 6.08. The zero-order chi connectivity index (χ0) is 18.5. The third-order valence-electron chi connectivity index (χ3n) is 4.96. The van der Waals surface area contributed by atoms with E-state index in [-0.39, 0.29) is 5.91 Å². The molecule has 1 saturated heterocycles. The normalized spacial score (nSPS) is 15.3. The predicted molar refractivity (Wildman–Crippen MR) is 103 cm³/mol. The largest absolute Gasteiger partial charge is 0.354 e. The molecule has 3 rings (SSSR count). The molecule has 2 aromatic rings. The van der Waals surface area contributed by atoms with E-state index in [9.17, 15) is 4.79 Å². The fraction of sp³-hybridized carbons (Fsp3) is 0.526. The first kappa shape index (κ1) is 18.4. The van der Waals surface area contributed by atoms with Crippen LogP contribution in [0.2, 0.25) is 0 Å². The molecule has 0 atom stereocenters. The third-order valence-corrected chi connectivity index (χ3v) is 4.96. The molecule has 0 radical (unpaired) electrons. The van der Waals surface area contributed by atoms with Crippen molar-refractivity contribution in [3.8, 4) is 5.82 Å². The molecule has 26 heavy (non-hydrogen) atoms. The monoisotopic (exact) mass is 356 g/mol. The first-order valence-electron chi connectivity index (χ1n) is 9.34. The molecular weight excluding hydrogens is 328 g/mol. The van der Waals surface area contributed by atoms with E-state index in [1.165, 1.54) is 0 Å². The quantitative estimate of drug-likeness (QED) is 0.786. The van der Waals surface area contributed by atoms with Gasteiger partial charge in [-0.1, -0.05) is 6.07 Å².